The lowest BCUT2D eigenvalue weighted by atomic mass is 10.2. The molecule has 8 heteroatoms. The highest BCUT2D eigenvalue weighted by atomic mass is 79.9. The van der Waals surface area contributed by atoms with Crippen LogP contribution in [0.15, 0.2) is 39.9 Å². The minimum atomic E-state index is -0.217. The van der Waals surface area contributed by atoms with Crippen molar-refractivity contribution < 1.29 is 9.21 Å². The van der Waals surface area contributed by atoms with Gasteiger partial charge in [0.1, 0.15) is 6.33 Å². The van der Waals surface area contributed by atoms with Gasteiger partial charge in [0.15, 0.2) is 10.4 Å². The lowest BCUT2D eigenvalue weighted by Crippen LogP contribution is -2.24. The summed E-state index contributed by atoms with van der Waals surface area (Å²) in [6.45, 7) is 0.562. The third-order valence-electron chi connectivity index (χ3n) is 2.91. The number of aromatic nitrogens is 4. The molecule has 108 valence electrons. The quantitative estimate of drug-likeness (QED) is 0.710. The molecule has 3 rings (SSSR count). The van der Waals surface area contributed by atoms with Crippen LogP contribution in [0.3, 0.4) is 0 Å². The molecule has 0 unspecified atom stereocenters. The minimum absolute atomic E-state index is 0.217. The Balaban J connectivity index is 1.48. The molecule has 0 aromatic carbocycles. The number of hydrogen-bond donors (Lipinski definition) is 1. The maximum atomic E-state index is 11.7. The molecular formula is C13H12BrN5O2. The van der Waals surface area contributed by atoms with Crippen molar-refractivity contribution >= 4 is 27.6 Å². The summed E-state index contributed by atoms with van der Waals surface area (Å²) >= 11 is 3.16. The second-order valence-corrected chi connectivity index (χ2v) is 5.21. The molecule has 0 saturated carbocycles. The lowest BCUT2D eigenvalue weighted by Gasteiger charge is -2.03. The van der Waals surface area contributed by atoms with Crippen molar-refractivity contribution in [3.63, 3.8) is 0 Å². The van der Waals surface area contributed by atoms with Crippen LogP contribution in [0, 0.1) is 0 Å². The maximum Gasteiger partial charge on any atom is 0.287 e. The van der Waals surface area contributed by atoms with Crippen LogP contribution in [0.4, 0.5) is 0 Å². The first-order chi connectivity index (χ1) is 10.2. The number of aryl methyl sites for hydroxylation is 1. The van der Waals surface area contributed by atoms with Crippen molar-refractivity contribution in [2.24, 2.45) is 0 Å². The molecule has 0 saturated heterocycles. The van der Waals surface area contributed by atoms with Gasteiger partial charge in [0.05, 0.1) is 0 Å². The Morgan fingerprint density at radius 2 is 2.29 bits per heavy atom. The summed E-state index contributed by atoms with van der Waals surface area (Å²) in [4.78, 5) is 19.9. The molecule has 3 heterocycles. The molecule has 3 aromatic rings. The molecule has 0 aliphatic rings. The third kappa shape index (κ3) is 3.27. The summed E-state index contributed by atoms with van der Waals surface area (Å²) in [5, 5.41) is 6.84. The number of halogens is 1. The summed E-state index contributed by atoms with van der Waals surface area (Å²) in [6.07, 6.45) is 6.73. The molecule has 0 fully saturated rings. The van der Waals surface area contributed by atoms with Gasteiger partial charge in [-0.15, -0.1) is 0 Å². The molecular weight excluding hydrogens is 338 g/mol. The summed E-state index contributed by atoms with van der Waals surface area (Å²) in [6, 6.07) is 3.32. The van der Waals surface area contributed by atoms with E-state index in [4.69, 9.17) is 4.42 Å². The number of hydrogen-bond acceptors (Lipinski definition) is 5. The summed E-state index contributed by atoms with van der Waals surface area (Å²) in [7, 11) is 0. The lowest BCUT2D eigenvalue weighted by molar-refractivity contribution is 0.0924. The fraction of sp³-hybridized carbons (Fsp3) is 0.231. The van der Waals surface area contributed by atoms with Crippen LogP contribution in [0.2, 0.25) is 0 Å². The van der Waals surface area contributed by atoms with E-state index in [1.165, 1.54) is 6.33 Å². The van der Waals surface area contributed by atoms with E-state index in [0.29, 0.717) is 22.8 Å². The van der Waals surface area contributed by atoms with Gasteiger partial charge in [0.25, 0.3) is 11.7 Å². The standard InChI is InChI=1S/C13H12BrN5O2/c14-11-4-3-10(21-11)12(20)15-5-1-2-9-6-16-13-17-8-18-19(13)7-9/h3-4,6-8H,1-2,5H2,(H,15,20). The first-order valence-corrected chi connectivity index (χ1v) is 7.19. The average molecular weight is 350 g/mol. The van der Waals surface area contributed by atoms with Gasteiger partial charge >= 0.3 is 0 Å². The Labute approximate surface area is 128 Å². The smallest absolute Gasteiger partial charge is 0.287 e. The van der Waals surface area contributed by atoms with E-state index in [9.17, 15) is 4.79 Å². The highest BCUT2D eigenvalue weighted by Crippen LogP contribution is 2.13. The van der Waals surface area contributed by atoms with E-state index in [0.717, 1.165) is 18.4 Å². The molecule has 1 N–H and O–H groups in total. The predicted molar refractivity (Wildman–Crippen MR) is 77.8 cm³/mol. The van der Waals surface area contributed by atoms with Gasteiger partial charge in [0.2, 0.25) is 0 Å². The molecule has 21 heavy (non-hydrogen) atoms. The Bertz CT molecular complexity index is 767. The van der Waals surface area contributed by atoms with Gasteiger partial charge in [-0.2, -0.15) is 10.1 Å². The number of nitrogens with zero attached hydrogens (tertiary/aromatic N) is 4. The van der Waals surface area contributed by atoms with E-state index in [1.807, 2.05) is 6.20 Å². The zero-order valence-electron chi connectivity index (χ0n) is 11.0. The van der Waals surface area contributed by atoms with Crippen LogP contribution < -0.4 is 5.32 Å². The molecule has 0 spiro atoms. The van der Waals surface area contributed by atoms with Crippen LogP contribution in [0.25, 0.3) is 5.78 Å². The van der Waals surface area contributed by atoms with Crippen LogP contribution in [0.1, 0.15) is 22.5 Å². The molecule has 7 nitrogen and oxygen atoms in total. The molecule has 0 atom stereocenters. The number of carbonyl (C=O) groups excluding carboxylic acids is 1. The summed E-state index contributed by atoms with van der Waals surface area (Å²) in [5.41, 5.74) is 1.04. The molecule has 1 amide bonds. The van der Waals surface area contributed by atoms with Gasteiger partial charge in [-0.3, -0.25) is 4.79 Å². The Morgan fingerprint density at radius 1 is 1.38 bits per heavy atom. The van der Waals surface area contributed by atoms with Gasteiger partial charge in [-0.25, -0.2) is 9.50 Å². The minimum Gasteiger partial charge on any atom is -0.444 e. The van der Waals surface area contributed by atoms with E-state index >= 15 is 0 Å². The third-order valence-corrected chi connectivity index (χ3v) is 3.34. The Morgan fingerprint density at radius 3 is 3.10 bits per heavy atom. The molecule has 0 bridgehead atoms. The van der Waals surface area contributed by atoms with Gasteiger partial charge in [0, 0.05) is 18.9 Å². The van der Waals surface area contributed by atoms with Crippen LogP contribution >= 0.6 is 15.9 Å². The Hall–Kier alpha value is -2.22. The van der Waals surface area contributed by atoms with Gasteiger partial charge < -0.3 is 9.73 Å². The number of nitrogens with one attached hydrogen (secondary N) is 1. The van der Waals surface area contributed by atoms with E-state index < -0.39 is 0 Å². The fourth-order valence-corrected chi connectivity index (χ4v) is 2.21. The predicted octanol–water partition coefficient (Wildman–Crippen LogP) is 1.84. The average Bonchev–Trinajstić information content (AvgIpc) is 3.11. The highest BCUT2D eigenvalue weighted by molar-refractivity contribution is 9.10. The molecule has 0 aliphatic carbocycles. The van der Waals surface area contributed by atoms with Crippen LogP contribution in [0.5, 0.6) is 0 Å². The molecule has 0 aliphatic heterocycles. The fourth-order valence-electron chi connectivity index (χ4n) is 1.91. The second kappa shape index (κ2) is 6.04. The zero-order valence-corrected chi connectivity index (χ0v) is 12.6. The highest BCUT2D eigenvalue weighted by Gasteiger charge is 2.09. The normalized spacial score (nSPS) is 10.9. The van der Waals surface area contributed by atoms with E-state index in [1.54, 1.807) is 22.8 Å². The first-order valence-electron chi connectivity index (χ1n) is 6.40. The SMILES string of the molecule is O=C(NCCCc1cnc2ncnn2c1)c1ccc(Br)o1. The monoisotopic (exact) mass is 349 g/mol. The second-order valence-electron chi connectivity index (χ2n) is 4.43. The summed E-state index contributed by atoms with van der Waals surface area (Å²) in [5.74, 6) is 0.661. The first kappa shape index (κ1) is 13.7. The van der Waals surface area contributed by atoms with Crippen LogP contribution in [-0.4, -0.2) is 32.0 Å². The zero-order chi connectivity index (χ0) is 14.7. The van der Waals surface area contributed by atoms with E-state index in [-0.39, 0.29) is 5.91 Å². The van der Waals surface area contributed by atoms with Crippen molar-refractivity contribution in [1.29, 1.82) is 0 Å². The van der Waals surface area contributed by atoms with Crippen molar-refractivity contribution in [2.45, 2.75) is 12.8 Å². The number of furan rings is 1. The van der Waals surface area contributed by atoms with E-state index in [2.05, 4.69) is 36.3 Å². The largest absolute Gasteiger partial charge is 0.444 e. The number of fused-ring (bicyclic) bond motifs is 1. The van der Waals surface area contributed by atoms with Crippen molar-refractivity contribution in [3.05, 3.63) is 46.8 Å². The number of carbonyl (C=O) groups is 1. The topological polar surface area (TPSA) is 85.3 Å². The van der Waals surface area contributed by atoms with Crippen molar-refractivity contribution in [2.75, 3.05) is 6.54 Å². The van der Waals surface area contributed by atoms with Crippen LogP contribution in [-0.2, 0) is 6.42 Å². The number of amides is 1. The number of rotatable bonds is 5. The van der Waals surface area contributed by atoms with Gasteiger partial charge in [-0.05, 0) is 46.5 Å². The Kier molecular flexibility index (Phi) is 3.96. The van der Waals surface area contributed by atoms with Gasteiger partial charge in [-0.1, -0.05) is 0 Å². The molecule has 3 aromatic heterocycles. The van der Waals surface area contributed by atoms with Crippen molar-refractivity contribution in [3.8, 4) is 0 Å². The maximum absolute atomic E-state index is 11.7. The summed E-state index contributed by atoms with van der Waals surface area (Å²) < 4.78 is 7.35. The van der Waals surface area contributed by atoms with Crippen molar-refractivity contribution in [1.82, 2.24) is 24.9 Å². The molecule has 0 radical (unpaired) electrons.